The second kappa shape index (κ2) is 5.82. The maximum absolute atomic E-state index is 11.1. The topological polar surface area (TPSA) is 56.8 Å². The highest BCUT2D eigenvalue weighted by atomic mass is 35.5. The summed E-state index contributed by atoms with van der Waals surface area (Å²) in [5.41, 5.74) is 1.02. The molecule has 18 heavy (non-hydrogen) atoms. The first-order valence-corrected chi connectivity index (χ1v) is 6.05. The Morgan fingerprint density at radius 2 is 2.28 bits per heavy atom. The van der Waals surface area contributed by atoms with Gasteiger partial charge in [-0.2, -0.15) is 0 Å². The van der Waals surface area contributed by atoms with Gasteiger partial charge in [0.15, 0.2) is 11.5 Å². The molecule has 5 nitrogen and oxygen atoms in total. The number of hydrogen-bond donors (Lipinski definition) is 1. The molecule has 0 radical (unpaired) electrons. The van der Waals surface area contributed by atoms with Crippen molar-refractivity contribution in [1.29, 1.82) is 0 Å². The monoisotopic (exact) mass is 271 g/mol. The summed E-state index contributed by atoms with van der Waals surface area (Å²) >= 11 is 5.81. The third kappa shape index (κ3) is 2.98. The van der Waals surface area contributed by atoms with E-state index in [0.717, 1.165) is 17.1 Å². The van der Waals surface area contributed by atoms with Gasteiger partial charge in [-0.15, -0.1) is 11.6 Å². The molecule has 1 aliphatic rings. The van der Waals surface area contributed by atoms with Gasteiger partial charge in [0.25, 0.3) is 0 Å². The first-order valence-electron chi connectivity index (χ1n) is 5.52. The van der Waals surface area contributed by atoms with Gasteiger partial charge in [-0.25, -0.2) is 4.79 Å². The van der Waals surface area contributed by atoms with Crippen LogP contribution in [0.5, 0.6) is 11.5 Å². The predicted molar refractivity (Wildman–Crippen MR) is 66.3 cm³/mol. The van der Waals surface area contributed by atoms with E-state index in [-0.39, 0.29) is 12.8 Å². The van der Waals surface area contributed by atoms with E-state index in [9.17, 15) is 4.79 Å². The van der Waals surface area contributed by atoms with E-state index in [0.29, 0.717) is 12.3 Å². The fraction of sp³-hybridized carbons (Fsp3) is 0.417. The van der Waals surface area contributed by atoms with Gasteiger partial charge >= 0.3 is 6.09 Å². The van der Waals surface area contributed by atoms with Gasteiger partial charge in [-0.3, -0.25) is 0 Å². The molecule has 1 aromatic carbocycles. The summed E-state index contributed by atoms with van der Waals surface area (Å²) in [4.78, 5) is 11.1. The van der Waals surface area contributed by atoms with Crippen LogP contribution in [0.2, 0.25) is 0 Å². The number of fused-ring (bicyclic) bond motifs is 1. The van der Waals surface area contributed by atoms with Crippen molar-refractivity contribution in [2.75, 3.05) is 19.8 Å². The van der Waals surface area contributed by atoms with Crippen molar-refractivity contribution in [3.05, 3.63) is 23.8 Å². The molecule has 1 heterocycles. The van der Waals surface area contributed by atoms with Gasteiger partial charge in [0, 0.05) is 11.9 Å². The number of ether oxygens (including phenoxy) is 3. The minimum absolute atomic E-state index is 0.181. The zero-order valence-electron chi connectivity index (χ0n) is 9.94. The Hall–Kier alpha value is -1.62. The molecule has 1 amide bonds. The Bertz CT molecular complexity index is 438. The van der Waals surface area contributed by atoms with Gasteiger partial charge in [0.1, 0.15) is 0 Å². The number of alkyl halides is 1. The number of alkyl carbamates (subject to hydrolysis) is 1. The van der Waals surface area contributed by atoms with Crippen LogP contribution in [0.25, 0.3) is 0 Å². The number of halogens is 1. The van der Waals surface area contributed by atoms with Crippen molar-refractivity contribution in [3.63, 3.8) is 0 Å². The molecule has 0 unspecified atom stereocenters. The average Bonchev–Trinajstić information content (AvgIpc) is 2.85. The van der Waals surface area contributed by atoms with Crippen LogP contribution in [0.4, 0.5) is 4.79 Å². The lowest BCUT2D eigenvalue weighted by molar-refractivity contribution is 0.167. The van der Waals surface area contributed by atoms with Crippen LogP contribution in [-0.2, 0) is 11.2 Å². The third-order valence-corrected chi connectivity index (χ3v) is 2.99. The molecule has 0 aliphatic carbocycles. The zero-order chi connectivity index (χ0) is 13.0. The highest BCUT2D eigenvalue weighted by molar-refractivity contribution is 6.18. The summed E-state index contributed by atoms with van der Waals surface area (Å²) in [7, 11) is 1.32. The molecule has 1 N–H and O–H groups in total. The number of methoxy groups -OCH3 is 1. The average molecular weight is 272 g/mol. The van der Waals surface area contributed by atoms with Gasteiger partial charge in [0.2, 0.25) is 6.79 Å². The van der Waals surface area contributed by atoms with Crippen molar-refractivity contribution in [2.45, 2.75) is 12.5 Å². The van der Waals surface area contributed by atoms with Gasteiger partial charge in [-0.05, 0) is 24.1 Å². The summed E-state index contributed by atoms with van der Waals surface area (Å²) < 4.78 is 15.1. The summed E-state index contributed by atoms with van der Waals surface area (Å²) in [5, 5.41) is 2.67. The van der Waals surface area contributed by atoms with E-state index in [1.807, 2.05) is 18.2 Å². The molecule has 1 aromatic rings. The molecule has 0 saturated heterocycles. The first-order chi connectivity index (χ1) is 8.72. The Balaban J connectivity index is 2.01. The van der Waals surface area contributed by atoms with E-state index in [2.05, 4.69) is 10.1 Å². The third-order valence-electron chi connectivity index (χ3n) is 2.61. The SMILES string of the molecule is COC(=O)N[C@H](CCl)Cc1ccc2c(c1)OCO2. The maximum Gasteiger partial charge on any atom is 0.407 e. The van der Waals surface area contributed by atoms with Crippen LogP contribution in [0.3, 0.4) is 0 Å². The molecule has 1 aliphatic heterocycles. The van der Waals surface area contributed by atoms with Crippen molar-refractivity contribution < 1.29 is 19.0 Å². The van der Waals surface area contributed by atoms with Crippen molar-refractivity contribution in [3.8, 4) is 11.5 Å². The van der Waals surface area contributed by atoms with Crippen molar-refractivity contribution in [2.24, 2.45) is 0 Å². The molecule has 2 rings (SSSR count). The normalized spacial score (nSPS) is 14.1. The number of carbonyl (C=O) groups excluding carboxylic acids is 1. The number of nitrogens with one attached hydrogen (secondary N) is 1. The predicted octanol–water partition coefficient (Wildman–Crippen LogP) is 1.92. The second-order valence-corrected chi connectivity index (χ2v) is 4.19. The Morgan fingerprint density at radius 1 is 1.50 bits per heavy atom. The van der Waals surface area contributed by atoms with Crippen LogP contribution in [0.1, 0.15) is 5.56 Å². The number of amides is 1. The summed E-state index contributed by atoms with van der Waals surface area (Å²) in [6.07, 6.45) is 0.122. The highest BCUT2D eigenvalue weighted by Gasteiger charge is 2.16. The minimum Gasteiger partial charge on any atom is -0.454 e. The molecule has 0 saturated carbocycles. The van der Waals surface area contributed by atoms with E-state index >= 15 is 0 Å². The van der Waals surface area contributed by atoms with Crippen molar-refractivity contribution in [1.82, 2.24) is 5.32 Å². The fourth-order valence-corrected chi connectivity index (χ4v) is 1.91. The largest absolute Gasteiger partial charge is 0.454 e. The number of rotatable bonds is 4. The second-order valence-electron chi connectivity index (χ2n) is 3.88. The molecule has 0 spiro atoms. The van der Waals surface area contributed by atoms with Gasteiger partial charge in [0.05, 0.1) is 7.11 Å². The van der Waals surface area contributed by atoms with E-state index in [4.69, 9.17) is 21.1 Å². The van der Waals surface area contributed by atoms with Gasteiger partial charge < -0.3 is 19.5 Å². The van der Waals surface area contributed by atoms with Gasteiger partial charge in [-0.1, -0.05) is 6.07 Å². The molecule has 98 valence electrons. The van der Waals surface area contributed by atoms with Crippen LogP contribution in [0.15, 0.2) is 18.2 Å². The highest BCUT2D eigenvalue weighted by Crippen LogP contribution is 2.32. The molecule has 6 heteroatoms. The Morgan fingerprint density at radius 3 is 3.00 bits per heavy atom. The standard InChI is InChI=1S/C12H14ClNO4/c1-16-12(15)14-9(6-13)4-8-2-3-10-11(5-8)18-7-17-10/h2-3,5,9H,4,6-7H2,1H3,(H,14,15)/t9-/m0/s1. The van der Waals surface area contributed by atoms with Crippen LogP contribution in [0, 0.1) is 0 Å². The Kier molecular flexibility index (Phi) is 4.15. The quantitative estimate of drug-likeness (QED) is 0.850. The smallest absolute Gasteiger partial charge is 0.407 e. The number of carbonyl (C=O) groups is 1. The van der Waals surface area contributed by atoms with E-state index < -0.39 is 6.09 Å². The number of benzene rings is 1. The van der Waals surface area contributed by atoms with Crippen LogP contribution < -0.4 is 14.8 Å². The van der Waals surface area contributed by atoms with Crippen LogP contribution in [-0.4, -0.2) is 31.9 Å². The van der Waals surface area contributed by atoms with E-state index in [1.165, 1.54) is 7.11 Å². The minimum atomic E-state index is -0.485. The lowest BCUT2D eigenvalue weighted by Gasteiger charge is -2.15. The molecule has 0 aromatic heterocycles. The van der Waals surface area contributed by atoms with E-state index in [1.54, 1.807) is 0 Å². The molecular formula is C12H14ClNO4. The lowest BCUT2D eigenvalue weighted by Crippen LogP contribution is -2.37. The number of hydrogen-bond acceptors (Lipinski definition) is 4. The molecular weight excluding hydrogens is 258 g/mol. The summed E-state index contributed by atoms with van der Waals surface area (Å²) in [6.45, 7) is 0.248. The Labute approximate surface area is 110 Å². The fourth-order valence-electron chi connectivity index (χ4n) is 1.72. The molecule has 1 atom stereocenters. The summed E-state index contributed by atoms with van der Waals surface area (Å²) in [6, 6.07) is 5.48. The zero-order valence-corrected chi connectivity index (χ0v) is 10.7. The summed E-state index contributed by atoms with van der Waals surface area (Å²) in [5.74, 6) is 1.77. The molecule has 0 bridgehead atoms. The maximum atomic E-state index is 11.1. The van der Waals surface area contributed by atoms with Crippen molar-refractivity contribution >= 4 is 17.7 Å². The molecule has 0 fully saturated rings. The first kappa shape index (κ1) is 12.8. The lowest BCUT2D eigenvalue weighted by atomic mass is 10.1. The van der Waals surface area contributed by atoms with Crippen LogP contribution >= 0.6 is 11.6 Å².